The summed E-state index contributed by atoms with van der Waals surface area (Å²) in [7, 11) is -0.751. The van der Waals surface area contributed by atoms with Gasteiger partial charge >= 0.3 is 0 Å². The van der Waals surface area contributed by atoms with E-state index in [-0.39, 0.29) is 17.2 Å². The summed E-state index contributed by atoms with van der Waals surface area (Å²) in [6, 6.07) is 18.2. The molecule has 8 heteroatoms. The minimum Gasteiger partial charge on any atom is -0.497 e. The van der Waals surface area contributed by atoms with Crippen LogP contribution < -0.4 is 10.1 Å². The quantitative estimate of drug-likeness (QED) is 0.553. The van der Waals surface area contributed by atoms with E-state index in [2.05, 4.69) is 10.3 Å². The number of pyridine rings is 1. The normalized spacial score (nSPS) is 12.4. The lowest BCUT2D eigenvalue weighted by molar-refractivity contribution is -0.122. The van der Waals surface area contributed by atoms with Crippen LogP contribution in [0.2, 0.25) is 0 Å². The Bertz CT molecular complexity index is 1090. The number of carbonyl (C=O) groups excluding carboxylic acids is 1. The first-order valence-electron chi connectivity index (χ1n) is 9.74. The Kier molecular flexibility index (Phi) is 7.38. The molecule has 0 fully saturated rings. The topological polar surface area (TPSA) is 88.6 Å². The molecule has 1 atom stereocenters. The summed E-state index contributed by atoms with van der Waals surface area (Å²) in [4.78, 5) is 16.9. The molecule has 162 valence electrons. The van der Waals surface area contributed by atoms with Crippen molar-refractivity contribution in [3.8, 4) is 5.75 Å². The maximum atomic E-state index is 13.2. The van der Waals surface area contributed by atoms with Gasteiger partial charge in [-0.25, -0.2) is 8.42 Å². The number of nitrogens with zero attached hydrogens (tertiary/aromatic N) is 2. The lowest BCUT2D eigenvalue weighted by atomic mass is 10.0. The van der Waals surface area contributed by atoms with Gasteiger partial charge in [0.25, 0.3) is 0 Å². The summed E-state index contributed by atoms with van der Waals surface area (Å²) < 4.78 is 32.8. The van der Waals surface area contributed by atoms with Crippen LogP contribution in [0.15, 0.2) is 84.0 Å². The smallest absolute Gasteiger partial charge is 0.243 e. The van der Waals surface area contributed by atoms with Crippen LogP contribution in [0.1, 0.15) is 23.6 Å². The number of hydrogen-bond donors (Lipinski definition) is 1. The molecule has 0 unspecified atom stereocenters. The molecule has 31 heavy (non-hydrogen) atoms. The molecule has 0 saturated heterocycles. The predicted molar refractivity (Wildman–Crippen MR) is 118 cm³/mol. The highest BCUT2D eigenvalue weighted by Gasteiger charge is 2.30. The van der Waals surface area contributed by atoms with Gasteiger partial charge in [-0.05, 0) is 41.5 Å². The Morgan fingerprint density at radius 3 is 2.39 bits per heavy atom. The van der Waals surface area contributed by atoms with Crippen molar-refractivity contribution in [2.75, 3.05) is 14.2 Å². The van der Waals surface area contributed by atoms with Crippen molar-refractivity contribution < 1.29 is 17.9 Å². The van der Waals surface area contributed by atoms with Crippen LogP contribution in [-0.4, -0.2) is 37.8 Å². The number of ether oxygens (including phenoxy) is 1. The molecule has 1 aromatic heterocycles. The Hall–Kier alpha value is -3.23. The summed E-state index contributed by atoms with van der Waals surface area (Å²) >= 11 is 0. The fourth-order valence-corrected chi connectivity index (χ4v) is 4.52. The third kappa shape index (κ3) is 5.68. The van der Waals surface area contributed by atoms with E-state index in [1.54, 1.807) is 80.2 Å². The Morgan fingerprint density at radius 2 is 1.77 bits per heavy atom. The highest BCUT2D eigenvalue weighted by atomic mass is 32.2. The van der Waals surface area contributed by atoms with Crippen LogP contribution >= 0.6 is 0 Å². The van der Waals surface area contributed by atoms with Crippen LogP contribution in [0.3, 0.4) is 0 Å². The largest absolute Gasteiger partial charge is 0.497 e. The molecule has 1 heterocycles. The predicted octanol–water partition coefficient (Wildman–Crippen LogP) is 3.16. The molecule has 7 nitrogen and oxygen atoms in total. The fourth-order valence-electron chi connectivity index (χ4n) is 3.16. The van der Waals surface area contributed by atoms with Crippen molar-refractivity contribution in [3.63, 3.8) is 0 Å². The van der Waals surface area contributed by atoms with Crippen molar-refractivity contribution in [1.82, 2.24) is 14.6 Å². The van der Waals surface area contributed by atoms with E-state index >= 15 is 0 Å². The molecule has 0 aliphatic heterocycles. The van der Waals surface area contributed by atoms with Gasteiger partial charge in [0, 0.05) is 32.4 Å². The summed E-state index contributed by atoms with van der Waals surface area (Å²) in [5, 5.41) is 2.84. The summed E-state index contributed by atoms with van der Waals surface area (Å²) in [6.45, 7) is 0.317. The molecule has 3 rings (SSSR count). The molecule has 3 aromatic rings. The number of aromatic nitrogens is 1. The molecular weight excluding hydrogens is 414 g/mol. The monoisotopic (exact) mass is 439 g/mol. The highest BCUT2D eigenvalue weighted by Crippen LogP contribution is 2.30. The van der Waals surface area contributed by atoms with E-state index < -0.39 is 16.1 Å². The second-order valence-corrected chi connectivity index (χ2v) is 8.96. The van der Waals surface area contributed by atoms with Crippen molar-refractivity contribution >= 4 is 15.9 Å². The number of sulfonamides is 1. The van der Waals surface area contributed by atoms with Crippen LogP contribution in [-0.2, 0) is 21.4 Å². The maximum Gasteiger partial charge on any atom is 0.243 e. The van der Waals surface area contributed by atoms with Crippen LogP contribution in [0.25, 0.3) is 0 Å². The van der Waals surface area contributed by atoms with Gasteiger partial charge in [0.15, 0.2) is 0 Å². The van der Waals surface area contributed by atoms with E-state index in [4.69, 9.17) is 4.74 Å². The molecule has 0 radical (unpaired) electrons. The summed E-state index contributed by atoms with van der Waals surface area (Å²) in [5.41, 5.74) is 1.56. The minimum absolute atomic E-state index is 0.0326. The second-order valence-electron chi connectivity index (χ2n) is 6.97. The van der Waals surface area contributed by atoms with Crippen LogP contribution in [0.4, 0.5) is 0 Å². The molecule has 1 N–H and O–H groups in total. The number of benzene rings is 2. The third-order valence-electron chi connectivity index (χ3n) is 4.95. The molecule has 1 amide bonds. The van der Waals surface area contributed by atoms with Crippen LogP contribution in [0, 0.1) is 0 Å². The van der Waals surface area contributed by atoms with E-state index in [9.17, 15) is 13.2 Å². The van der Waals surface area contributed by atoms with Gasteiger partial charge in [0.1, 0.15) is 5.75 Å². The highest BCUT2D eigenvalue weighted by molar-refractivity contribution is 7.89. The average Bonchev–Trinajstić information content (AvgIpc) is 2.82. The van der Waals surface area contributed by atoms with E-state index in [1.807, 2.05) is 6.07 Å². The third-order valence-corrected chi connectivity index (χ3v) is 6.83. The van der Waals surface area contributed by atoms with Crippen molar-refractivity contribution in [2.24, 2.45) is 0 Å². The van der Waals surface area contributed by atoms with Gasteiger partial charge < -0.3 is 10.1 Å². The minimum atomic E-state index is -3.80. The average molecular weight is 440 g/mol. The van der Waals surface area contributed by atoms with E-state index in [1.165, 1.54) is 11.4 Å². The lowest BCUT2D eigenvalue weighted by Crippen LogP contribution is -2.35. The Morgan fingerprint density at radius 1 is 1.06 bits per heavy atom. The molecule has 0 aliphatic rings. The van der Waals surface area contributed by atoms with Gasteiger partial charge in [0.2, 0.25) is 15.9 Å². The van der Waals surface area contributed by atoms with Gasteiger partial charge in [-0.3, -0.25) is 9.78 Å². The number of carbonyl (C=O) groups is 1. The second kappa shape index (κ2) is 10.2. The molecule has 0 spiro atoms. The molecular formula is C23H25N3O4S. The molecule has 0 bridgehead atoms. The van der Waals surface area contributed by atoms with Gasteiger partial charge in [-0.15, -0.1) is 0 Å². The zero-order valence-electron chi connectivity index (χ0n) is 17.4. The van der Waals surface area contributed by atoms with Gasteiger partial charge in [-0.2, -0.15) is 4.31 Å². The standard InChI is InChI=1S/C23H25N3O4S/c1-26(31(28,29)21-8-4-3-5-9-21)22(19-10-12-20(30-2)13-11-19)15-23(27)25-17-18-7-6-14-24-16-18/h3-14,16,22H,15,17H2,1-2H3,(H,25,27)/t22-/m1/s1. The number of amides is 1. The molecule has 0 aliphatic carbocycles. The fraction of sp³-hybridized carbons (Fsp3) is 0.217. The maximum absolute atomic E-state index is 13.2. The van der Waals surface area contributed by atoms with Crippen molar-refractivity contribution in [3.05, 3.63) is 90.3 Å². The zero-order chi connectivity index (χ0) is 22.3. The molecule has 2 aromatic carbocycles. The van der Waals surface area contributed by atoms with Crippen LogP contribution in [0.5, 0.6) is 5.75 Å². The first-order valence-corrected chi connectivity index (χ1v) is 11.2. The number of hydrogen-bond acceptors (Lipinski definition) is 5. The van der Waals surface area contributed by atoms with E-state index in [0.29, 0.717) is 17.9 Å². The van der Waals surface area contributed by atoms with Crippen molar-refractivity contribution in [1.29, 1.82) is 0 Å². The SMILES string of the molecule is COc1ccc([C@@H](CC(=O)NCc2cccnc2)N(C)S(=O)(=O)c2ccccc2)cc1. The van der Waals surface area contributed by atoms with E-state index in [0.717, 1.165) is 5.56 Å². The number of methoxy groups -OCH3 is 1. The number of nitrogens with one attached hydrogen (secondary N) is 1. The first kappa shape index (κ1) is 22.5. The number of rotatable bonds is 9. The Labute approximate surface area is 182 Å². The van der Waals surface area contributed by atoms with Crippen molar-refractivity contribution in [2.45, 2.75) is 23.9 Å². The summed E-state index contributed by atoms with van der Waals surface area (Å²) in [6.07, 6.45) is 3.30. The lowest BCUT2D eigenvalue weighted by Gasteiger charge is -2.28. The van der Waals surface area contributed by atoms with Gasteiger partial charge in [-0.1, -0.05) is 36.4 Å². The van der Waals surface area contributed by atoms with Gasteiger partial charge in [0.05, 0.1) is 18.0 Å². The first-order chi connectivity index (χ1) is 14.9. The Balaban J connectivity index is 1.84. The molecule has 0 saturated carbocycles. The zero-order valence-corrected chi connectivity index (χ0v) is 18.2. The summed E-state index contributed by atoms with van der Waals surface area (Å²) in [5.74, 6) is 0.386.